The van der Waals surface area contributed by atoms with Gasteiger partial charge in [0.1, 0.15) is 0 Å². The monoisotopic (exact) mass is 226 g/mol. The maximum absolute atomic E-state index is 11.6. The Labute approximate surface area is 99.2 Å². The van der Waals surface area contributed by atoms with Gasteiger partial charge in [0.05, 0.1) is 6.04 Å². The van der Waals surface area contributed by atoms with Gasteiger partial charge >= 0.3 is 0 Å². The molecule has 16 heavy (non-hydrogen) atoms. The van der Waals surface area contributed by atoms with Gasteiger partial charge in [-0.25, -0.2) is 0 Å². The lowest BCUT2D eigenvalue weighted by atomic mass is 9.63. The average molecular weight is 226 g/mol. The van der Waals surface area contributed by atoms with Crippen molar-refractivity contribution in [3.8, 4) is 0 Å². The molecular weight excluding hydrogens is 200 g/mol. The Hall–Kier alpha value is -0.570. The third kappa shape index (κ3) is 3.78. The number of nitrogens with two attached hydrogens (primary N) is 1. The summed E-state index contributed by atoms with van der Waals surface area (Å²) in [5.41, 5.74) is 6.18. The second-order valence-corrected chi connectivity index (χ2v) is 6.91. The summed E-state index contributed by atoms with van der Waals surface area (Å²) in [5.74, 6) is -0.0292. The summed E-state index contributed by atoms with van der Waals surface area (Å²) in [6, 6.07) is -0.134. The van der Waals surface area contributed by atoms with Crippen molar-refractivity contribution >= 4 is 5.91 Å². The Bertz CT molecular complexity index is 253. The van der Waals surface area contributed by atoms with Crippen molar-refractivity contribution in [1.82, 2.24) is 5.32 Å². The van der Waals surface area contributed by atoms with Crippen LogP contribution in [0.1, 0.15) is 53.9 Å². The second kappa shape index (κ2) is 4.36. The van der Waals surface area contributed by atoms with E-state index in [-0.39, 0.29) is 11.9 Å². The summed E-state index contributed by atoms with van der Waals surface area (Å²) < 4.78 is 0. The van der Waals surface area contributed by atoms with Gasteiger partial charge in [-0.3, -0.25) is 4.79 Å². The molecule has 0 aliphatic heterocycles. The Kier molecular flexibility index (Phi) is 3.68. The van der Waals surface area contributed by atoms with Crippen LogP contribution in [0.5, 0.6) is 0 Å². The summed E-state index contributed by atoms with van der Waals surface area (Å²) in [7, 11) is 0. The van der Waals surface area contributed by atoms with E-state index in [2.05, 4.69) is 33.0 Å². The first-order valence-electron chi connectivity index (χ1n) is 6.17. The van der Waals surface area contributed by atoms with Crippen LogP contribution in [-0.4, -0.2) is 18.0 Å². The molecule has 3 nitrogen and oxygen atoms in total. The molecule has 0 saturated heterocycles. The molecule has 1 aliphatic rings. The summed E-state index contributed by atoms with van der Waals surface area (Å²) in [4.78, 5) is 11.6. The molecule has 0 bridgehead atoms. The Morgan fingerprint density at radius 2 is 1.69 bits per heavy atom. The number of nitrogens with one attached hydrogen (secondary N) is 1. The molecule has 0 aromatic heterocycles. The van der Waals surface area contributed by atoms with Crippen molar-refractivity contribution in [1.29, 1.82) is 0 Å². The fraction of sp³-hybridized carbons (Fsp3) is 0.923. The molecule has 1 unspecified atom stereocenters. The molecule has 1 amide bonds. The third-order valence-electron chi connectivity index (χ3n) is 3.32. The molecule has 0 radical (unpaired) electrons. The van der Waals surface area contributed by atoms with Crippen LogP contribution in [0, 0.1) is 10.8 Å². The predicted molar refractivity (Wildman–Crippen MR) is 67.0 cm³/mol. The average Bonchev–Trinajstić information content (AvgIpc) is 1.96. The van der Waals surface area contributed by atoms with Crippen LogP contribution < -0.4 is 11.1 Å². The fourth-order valence-corrected chi connectivity index (χ4v) is 3.28. The lowest BCUT2D eigenvalue weighted by Crippen LogP contribution is -2.49. The molecule has 0 heterocycles. The van der Waals surface area contributed by atoms with Gasteiger partial charge < -0.3 is 11.1 Å². The first-order valence-corrected chi connectivity index (χ1v) is 6.17. The first kappa shape index (κ1) is 13.5. The van der Waals surface area contributed by atoms with Crippen LogP contribution >= 0.6 is 0 Å². The van der Waals surface area contributed by atoms with E-state index in [9.17, 15) is 4.79 Å². The number of carbonyl (C=O) groups is 1. The van der Waals surface area contributed by atoms with Gasteiger partial charge in [-0.15, -0.1) is 0 Å². The predicted octanol–water partition coefficient (Wildman–Crippen LogP) is 2.05. The van der Waals surface area contributed by atoms with Crippen LogP contribution in [0.25, 0.3) is 0 Å². The minimum atomic E-state index is -0.409. The zero-order valence-corrected chi connectivity index (χ0v) is 11.3. The van der Waals surface area contributed by atoms with Crippen LogP contribution in [0.15, 0.2) is 0 Å². The third-order valence-corrected chi connectivity index (χ3v) is 3.32. The Morgan fingerprint density at radius 1 is 1.25 bits per heavy atom. The summed E-state index contributed by atoms with van der Waals surface area (Å²) in [5, 5.41) is 3.07. The maximum atomic E-state index is 11.6. The van der Waals surface area contributed by atoms with E-state index >= 15 is 0 Å². The van der Waals surface area contributed by atoms with Crippen molar-refractivity contribution in [2.24, 2.45) is 16.6 Å². The van der Waals surface area contributed by atoms with Crippen molar-refractivity contribution in [3.63, 3.8) is 0 Å². The molecule has 0 aromatic rings. The van der Waals surface area contributed by atoms with Gasteiger partial charge in [0, 0.05) is 6.04 Å². The minimum absolute atomic E-state index is 0.0292. The normalized spacial score (nSPS) is 26.1. The van der Waals surface area contributed by atoms with E-state index in [4.69, 9.17) is 5.73 Å². The quantitative estimate of drug-likeness (QED) is 0.757. The van der Waals surface area contributed by atoms with Crippen molar-refractivity contribution in [2.45, 2.75) is 66.0 Å². The summed E-state index contributed by atoms with van der Waals surface area (Å²) in [6.45, 7) is 10.8. The molecular formula is C13H26N2O. The first-order chi connectivity index (χ1) is 7.11. The van der Waals surface area contributed by atoms with E-state index < -0.39 is 6.04 Å². The van der Waals surface area contributed by atoms with E-state index in [1.807, 2.05) is 0 Å². The smallest absolute Gasteiger partial charge is 0.236 e. The molecule has 0 spiro atoms. The molecule has 1 atom stereocenters. The van der Waals surface area contributed by atoms with Gasteiger partial charge in [-0.1, -0.05) is 27.7 Å². The highest BCUT2D eigenvalue weighted by molar-refractivity contribution is 5.81. The second-order valence-electron chi connectivity index (χ2n) is 6.91. The van der Waals surface area contributed by atoms with Crippen LogP contribution in [0.2, 0.25) is 0 Å². The van der Waals surface area contributed by atoms with Gasteiger partial charge in [0.2, 0.25) is 5.91 Å². The molecule has 1 fully saturated rings. The van der Waals surface area contributed by atoms with E-state index in [0.29, 0.717) is 10.8 Å². The molecule has 3 N–H and O–H groups in total. The Balaban J connectivity index is 2.64. The lowest BCUT2D eigenvalue weighted by molar-refractivity contribution is -0.123. The molecule has 1 rings (SSSR count). The SMILES string of the molecule is CC(N)C(=O)NC1CC(C)(C)CC(C)(C)C1. The number of hydrogen-bond acceptors (Lipinski definition) is 2. The standard InChI is InChI=1S/C13H26N2O/c1-9(14)11(16)15-10-6-12(2,3)8-13(4,5)7-10/h9-10H,6-8,14H2,1-5H3,(H,15,16). The molecule has 94 valence electrons. The number of rotatable bonds is 2. The van der Waals surface area contributed by atoms with Gasteiger partial charge in [0.15, 0.2) is 0 Å². The maximum Gasteiger partial charge on any atom is 0.236 e. The van der Waals surface area contributed by atoms with Gasteiger partial charge in [0.25, 0.3) is 0 Å². The van der Waals surface area contributed by atoms with Crippen molar-refractivity contribution < 1.29 is 4.79 Å². The highest BCUT2D eigenvalue weighted by Gasteiger charge is 2.38. The van der Waals surface area contributed by atoms with Crippen LogP contribution in [0.4, 0.5) is 0 Å². The van der Waals surface area contributed by atoms with Crippen molar-refractivity contribution in [3.05, 3.63) is 0 Å². The van der Waals surface area contributed by atoms with Gasteiger partial charge in [-0.2, -0.15) is 0 Å². The van der Waals surface area contributed by atoms with Crippen LogP contribution in [0.3, 0.4) is 0 Å². The van der Waals surface area contributed by atoms with Gasteiger partial charge in [-0.05, 0) is 37.0 Å². The lowest BCUT2D eigenvalue weighted by Gasteiger charge is -2.45. The van der Waals surface area contributed by atoms with Crippen LogP contribution in [-0.2, 0) is 4.79 Å². The summed E-state index contributed by atoms with van der Waals surface area (Å²) in [6.07, 6.45) is 3.31. The summed E-state index contributed by atoms with van der Waals surface area (Å²) >= 11 is 0. The van der Waals surface area contributed by atoms with Crippen molar-refractivity contribution in [2.75, 3.05) is 0 Å². The van der Waals surface area contributed by atoms with E-state index in [1.165, 1.54) is 6.42 Å². The number of hydrogen-bond donors (Lipinski definition) is 2. The zero-order valence-electron chi connectivity index (χ0n) is 11.3. The highest BCUT2D eigenvalue weighted by Crippen LogP contribution is 2.45. The molecule has 1 aliphatic carbocycles. The fourth-order valence-electron chi connectivity index (χ4n) is 3.28. The number of amides is 1. The zero-order chi connectivity index (χ0) is 12.6. The molecule has 3 heteroatoms. The Morgan fingerprint density at radius 3 is 2.06 bits per heavy atom. The van der Waals surface area contributed by atoms with E-state index in [1.54, 1.807) is 6.92 Å². The molecule has 0 aromatic carbocycles. The van der Waals surface area contributed by atoms with E-state index in [0.717, 1.165) is 12.8 Å². The topological polar surface area (TPSA) is 55.1 Å². The highest BCUT2D eigenvalue weighted by atomic mass is 16.2. The molecule has 1 saturated carbocycles. The number of carbonyl (C=O) groups excluding carboxylic acids is 1. The minimum Gasteiger partial charge on any atom is -0.352 e. The largest absolute Gasteiger partial charge is 0.352 e.